The van der Waals surface area contributed by atoms with E-state index in [-0.39, 0.29) is 11.7 Å². The molecular formula is C28H22FNO2S. The fourth-order valence-electron chi connectivity index (χ4n) is 4.35. The quantitative estimate of drug-likeness (QED) is 0.245. The van der Waals surface area contributed by atoms with Gasteiger partial charge in [-0.15, -0.1) is 11.3 Å². The highest BCUT2D eigenvalue weighted by atomic mass is 32.1. The van der Waals surface area contributed by atoms with Gasteiger partial charge in [-0.2, -0.15) is 0 Å². The van der Waals surface area contributed by atoms with E-state index in [0.717, 1.165) is 63.4 Å². The molecule has 0 aliphatic heterocycles. The van der Waals surface area contributed by atoms with Gasteiger partial charge in [0.25, 0.3) is 0 Å². The summed E-state index contributed by atoms with van der Waals surface area (Å²) in [5, 5.41) is 8.92. The van der Waals surface area contributed by atoms with Crippen LogP contribution in [0.15, 0.2) is 78.3 Å². The molecule has 1 fully saturated rings. The Hall–Kier alpha value is -3.57. The maximum absolute atomic E-state index is 15.1. The summed E-state index contributed by atoms with van der Waals surface area (Å²) in [4.78, 5) is 15.4. The van der Waals surface area contributed by atoms with Crippen LogP contribution in [0.5, 0.6) is 0 Å². The Bertz CT molecular complexity index is 1380. The van der Waals surface area contributed by atoms with Crippen LogP contribution in [0.2, 0.25) is 0 Å². The van der Waals surface area contributed by atoms with Crippen molar-refractivity contribution in [2.75, 3.05) is 0 Å². The van der Waals surface area contributed by atoms with Crippen molar-refractivity contribution in [1.29, 1.82) is 0 Å². The Morgan fingerprint density at radius 3 is 2.48 bits per heavy atom. The van der Waals surface area contributed by atoms with Crippen LogP contribution in [-0.4, -0.2) is 16.1 Å². The molecule has 3 aromatic carbocycles. The van der Waals surface area contributed by atoms with E-state index < -0.39 is 5.97 Å². The lowest BCUT2D eigenvalue weighted by Crippen LogP contribution is -2.16. The van der Waals surface area contributed by atoms with Crippen molar-refractivity contribution in [2.24, 2.45) is 5.92 Å². The van der Waals surface area contributed by atoms with Crippen molar-refractivity contribution < 1.29 is 14.3 Å². The Kier molecular flexibility index (Phi) is 5.88. The van der Waals surface area contributed by atoms with Gasteiger partial charge in [0.1, 0.15) is 5.82 Å². The maximum Gasteiger partial charge on any atom is 0.328 e. The topological polar surface area (TPSA) is 50.2 Å². The molecule has 1 N–H and O–H groups in total. The molecular weight excluding hydrogens is 433 g/mol. The molecule has 0 spiro atoms. The highest BCUT2D eigenvalue weighted by Crippen LogP contribution is 2.46. The number of benzene rings is 3. The SMILES string of the molecule is O=C(O)C=Cc1ccc(C(=C(c2ccccc2F)C2CCC2)c2ccc3scnc3c2)cc1. The number of carboxylic acid groups (broad SMARTS) is 1. The number of thiazole rings is 1. The van der Waals surface area contributed by atoms with Crippen LogP contribution in [0.25, 0.3) is 27.4 Å². The van der Waals surface area contributed by atoms with Crippen LogP contribution in [0, 0.1) is 11.7 Å². The zero-order valence-electron chi connectivity index (χ0n) is 17.9. The maximum atomic E-state index is 15.1. The standard InChI is InChI=1S/C28H22FNO2S/c29-23-7-2-1-6-22(23)28(19-4-3-5-19)27(21-13-14-25-24(16-21)30-17-33-25)20-11-8-18(9-12-20)10-15-26(31)32/h1-2,6-17,19H,3-5H2,(H,31,32). The molecule has 1 aromatic heterocycles. The van der Waals surface area contributed by atoms with Crippen molar-refractivity contribution in [1.82, 2.24) is 4.98 Å². The molecule has 1 aliphatic carbocycles. The summed E-state index contributed by atoms with van der Waals surface area (Å²) in [7, 11) is 0. The number of hydrogen-bond acceptors (Lipinski definition) is 3. The van der Waals surface area contributed by atoms with E-state index in [1.54, 1.807) is 23.5 Å². The number of nitrogens with zero attached hydrogens (tertiary/aromatic N) is 1. The predicted molar refractivity (Wildman–Crippen MR) is 132 cm³/mol. The van der Waals surface area contributed by atoms with Crippen molar-refractivity contribution in [3.8, 4) is 0 Å². The van der Waals surface area contributed by atoms with Gasteiger partial charge >= 0.3 is 5.97 Å². The monoisotopic (exact) mass is 455 g/mol. The summed E-state index contributed by atoms with van der Waals surface area (Å²) in [5.74, 6) is -0.912. The molecule has 4 aromatic rings. The molecule has 5 heteroatoms. The molecule has 1 aliphatic rings. The minimum absolute atomic E-state index is 0.215. The number of carboxylic acids is 1. The van der Waals surface area contributed by atoms with E-state index in [9.17, 15) is 4.79 Å². The zero-order valence-corrected chi connectivity index (χ0v) is 18.7. The van der Waals surface area contributed by atoms with Gasteiger partial charge in [-0.25, -0.2) is 14.2 Å². The van der Waals surface area contributed by atoms with Gasteiger partial charge in [-0.05, 0) is 70.9 Å². The molecule has 1 saturated carbocycles. The van der Waals surface area contributed by atoms with Crippen molar-refractivity contribution in [2.45, 2.75) is 19.3 Å². The van der Waals surface area contributed by atoms with E-state index in [4.69, 9.17) is 5.11 Å². The van der Waals surface area contributed by atoms with Gasteiger partial charge in [-0.1, -0.05) is 55.0 Å². The molecule has 0 radical (unpaired) electrons. The van der Waals surface area contributed by atoms with E-state index in [2.05, 4.69) is 23.2 Å². The van der Waals surface area contributed by atoms with Gasteiger partial charge in [0.2, 0.25) is 0 Å². The molecule has 33 heavy (non-hydrogen) atoms. The van der Waals surface area contributed by atoms with Crippen molar-refractivity contribution >= 4 is 44.7 Å². The summed E-state index contributed by atoms with van der Waals surface area (Å²) < 4.78 is 16.2. The average molecular weight is 456 g/mol. The Balaban J connectivity index is 1.74. The lowest BCUT2D eigenvalue weighted by atomic mass is 9.73. The normalized spacial score (nSPS) is 14.9. The zero-order chi connectivity index (χ0) is 22.8. The van der Waals surface area contributed by atoms with E-state index in [1.807, 2.05) is 41.9 Å². The lowest BCUT2D eigenvalue weighted by Gasteiger charge is -2.32. The van der Waals surface area contributed by atoms with Crippen molar-refractivity contribution in [3.63, 3.8) is 0 Å². The number of carbonyl (C=O) groups is 1. The molecule has 164 valence electrons. The minimum atomic E-state index is -0.983. The van der Waals surface area contributed by atoms with E-state index in [1.165, 1.54) is 6.07 Å². The molecule has 0 saturated heterocycles. The second-order valence-corrected chi connectivity index (χ2v) is 9.11. The van der Waals surface area contributed by atoms with Crippen LogP contribution in [-0.2, 0) is 4.79 Å². The van der Waals surface area contributed by atoms with Crippen LogP contribution >= 0.6 is 11.3 Å². The number of halogens is 1. The highest BCUT2D eigenvalue weighted by molar-refractivity contribution is 7.16. The molecule has 3 nitrogen and oxygen atoms in total. The third-order valence-corrected chi connectivity index (χ3v) is 6.99. The van der Waals surface area contributed by atoms with Crippen LogP contribution < -0.4 is 0 Å². The number of fused-ring (bicyclic) bond motifs is 1. The van der Waals surface area contributed by atoms with Crippen LogP contribution in [0.4, 0.5) is 4.39 Å². The van der Waals surface area contributed by atoms with Gasteiger partial charge in [0.05, 0.1) is 15.7 Å². The number of allylic oxidation sites excluding steroid dienone is 1. The van der Waals surface area contributed by atoms with Crippen molar-refractivity contribution in [3.05, 3.63) is 106 Å². The van der Waals surface area contributed by atoms with Gasteiger partial charge in [0, 0.05) is 11.6 Å². The Morgan fingerprint density at radius 2 is 1.79 bits per heavy atom. The first-order chi connectivity index (χ1) is 16.1. The lowest BCUT2D eigenvalue weighted by molar-refractivity contribution is -0.131. The largest absolute Gasteiger partial charge is 0.478 e. The molecule has 0 unspecified atom stereocenters. The smallest absolute Gasteiger partial charge is 0.328 e. The molecule has 0 bridgehead atoms. The molecule has 1 heterocycles. The minimum Gasteiger partial charge on any atom is -0.478 e. The third-order valence-electron chi connectivity index (χ3n) is 6.18. The number of aliphatic carboxylic acids is 1. The van der Waals surface area contributed by atoms with Gasteiger partial charge < -0.3 is 5.11 Å². The first kappa shape index (κ1) is 21.3. The predicted octanol–water partition coefficient (Wildman–Crippen LogP) is 7.29. The molecule has 5 rings (SSSR count). The fraction of sp³-hybridized carbons (Fsp3) is 0.143. The summed E-state index contributed by atoms with van der Waals surface area (Å²) in [6.07, 6.45) is 5.90. The third kappa shape index (κ3) is 4.37. The van der Waals surface area contributed by atoms with Gasteiger partial charge in [0.15, 0.2) is 0 Å². The number of hydrogen-bond donors (Lipinski definition) is 1. The summed E-state index contributed by atoms with van der Waals surface area (Å²) >= 11 is 1.60. The summed E-state index contributed by atoms with van der Waals surface area (Å²) in [6.45, 7) is 0. The first-order valence-electron chi connectivity index (χ1n) is 10.9. The summed E-state index contributed by atoms with van der Waals surface area (Å²) in [6, 6.07) is 21.0. The Labute approximate surface area is 195 Å². The van der Waals surface area contributed by atoms with Gasteiger partial charge in [-0.3, -0.25) is 0 Å². The fourth-order valence-corrected chi connectivity index (χ4v) is 5.01. The average Bonchev–Trinajstić information content (AvgIpc) is 3.25. The van der Waals surface area contributed by atoms with Crippen LogP contribution in [0.1, 0.15) is 41.5 Å². The van der Waals surface area contributed by atoms with E-state index in [0.29, 0.717) is 5.56 Å². The van der Waals surface area contributed by atoms with Crippen LogP contribution in [0.3, 0.4) is 0 Å². The second-order valence-electron chi connectivity index (χ2n) is 8.22. The summed E-state index contributed by atoms with van der Waals surface area (Å²) in [5.41, 5.74) is 8.23. The number of rotatable bonds is 6. The number of aromatic nitrogens is 1. The molecule has 0 amide bonds. The first-order valence-corrected chi connectivity index (χ1v) is 11.8. The van der Waals surface area contributed by atoms with E-state index >= 15 is 4.39 Å². The Morgan fingerprint density at radius 1 is 1.03 bits per heavy atom. The highest BCUT2D eigenvalue weighted by Gasteiger charge is 2.28. The second kappa shape index (κ2) is 9.12. The molecule has 0 atom stereocenters.